The quantitative estimate of drug-likeness (QED) is 0.574. The minimum absolute atomic E-state index is 0.264. The van der Waals surface area contributed by atoms with Gasteiger partial charge in [-0.05, 0) is 22.6 Å². The number of carboxylic acid groups (broad SMARTS) is 1. The fraction of sp³-hybridized carbons (Fsp3) is 0.333. The van der Waals surface area contributed by atoms with Gasteiger partial charge in [0.15, 0.2) is 3.83 Å². The van der Waals surface area contributed by atoms with E-state index >= 15 is 0 Å². The maximum atomic E-state index is 10.5. The lowest BCUT2D eigenvalue weighted by Crippen LogP contribution is -2.32. The molecule has 1 atom stereocenters. The zero-order valence-electron chi connectivity index (χ0n) is 6.75. The molecule has 78 valence electrons. The molecule has 8 heteroatoms. The lowest BCUT2D eigenvalue weighted by molar-refractivity contribution is -0.138. The molecule has 0 aromatic carbocycles. The Labute approximate surface area is 122 Å². The van der Waals surface area contributed by atoms with Gasteiger partial charge >= 0.3 is 5.97 Å². The lowest BCUT2D eigenvalue weighted by Gasteiger charge is -2.03. The van der Waals surface area contributed by atoms with Gasteiger partial charge in [0.2, 0.25) is 0 Å². The van der Waals surface area contributed by atoms with Gasteiger partial charge in [0.25, 0.3) is 0 Å². The van der Waals surface area contributed by atoms with Crippen molar-refractivity contribution in [1.29, 1.82) is 0 Å². The highest BCUT2D eigenvalue weighted by atomic mass is 127. The molecule has 0 aliphatic carbocycles. The van der Waals surface area contributed by atoms with Gasteiger partial charge in [-0.3, -0.25) is 7.58 Å². The van der Waals surface area contributed by atoms with Gasteiger partial charge in [0.1, 0.15) is 9.74 Å². The molecule has 1 heterocycles. The molecule has 5 nitrogen and oxygen atoms in total. The summed E-state index contributed by atoms with van der Waals surface area (Å²) < 4.78 is 3.60. The van der Waals surface area contributed by atoms with Crippen LogP contribution in [0, 0.1) is 7.53 Å². The van der Waals surface area contributed by atoms with Crippen molar-refractivity contribution in [3.63, 3.8) is 0 Å². The monoisotopic (exact) mass is 533 g/mol. The van der Waals surface area contributed by atoms with Crippen LogP contribution in [0.2, 0.25) is 0 Å². The van der Waals surface area contributed by atoms with E-state index in [-0.39, 0.29) is 6.42 Å². The topological polar surface area (TPSA) is 81.1 Å². The predicted molar refractivity (Wildman–Crippen MR) is 76.4 cm³/mol. The fourth-order valence-electron chi connectivity index (χ4n) is 0.821. The second kappa shape index (κ2) is 5.25. The first kappa shape index (κ1) is 12.9. The highest BCUT2D eigenvalue weighted by Crippen LogP contribution is 2.19. The fourth-order valence-corrected chi connectivity index (χ4v) is 2.77. The van der Waals surface area contributed by atoms with Crippen LogP contribution in [-0.4, -0.2) is 24.9 Å². The zero-order chi connectivity index (χ0) is 10.9. The molecule has 0 radical (unpaired) electrons. The molecular formula is C6H6I3N3O2. The highest BCUT2D eigenvalue weighted by molar-refractivity contribution is 14.1. The van der Waals surface area contributed by atoms with Crippen LogP contribution in [0.1, 0.15) is 5.69 Å². The molecular weight excluding hydrogens is 527 g/mol. The third-order valence-electron chi connectivity index (χ3n) is 1.53. The first-order valence-corrected chi connectivity index (χ1v) is 6.63. The summed E-state index contributed by atoms with van der Waals surface area (Å²) in [4.78, 5) is 14.8. The largest absolute Gasteiger partial charge is 0.480 e. The molecule has 0 amide bonds. The van der Waals surface area contributed by atoms with E-state index in [1.807, 2.05) is 2.78 Å². The first-order chi connectivity index (χ1) is 6.43. The number of hydrogen-bond acceptors (Lipinski definition) is 3. The molecule has 1 aromatic rings. The Kier molecular flexibility index (Phi) is 4.83. The minimum atomic E-state index is -1.00. The van der Waals surface area contributed by atoms with E-state index in [1.165, 1.54) is 0 Å². The average molecular weight is 533 g/mol. The predicted octanol–water partition coefficient (Wildman–Crippen LogP) is 1.24. The zero-order valence-corrected chi connectivity index (χ0v) is 13.2. The minimum Gasteiger partial charge on any atom is -0.480 e. The third kappa shape index (κ3) is 2.91. The van der Waals surface area contributed by atoms with Crippen LogP contribution in [0.15, 0.2) is 0 Å². The Morgan fingerprint density at radius 1 is 1.64 bits per heavy atom. The second-order valence-electron chi connectivity index (χ2n) is 2.55. The molecule has 1 aromatic heterocycles. The van der Waals surface area contributed by atoms with Crippen molar-refractivity contribution in [3.05, 3.63) is 13.2 Å². The van der Waals surface area contributed by atoms with Crippen LogP contribution in [0.5, 0.6) is 0 Å². The van der Waals surface area contributed by atoms with Crippen molar-refractivity contribution in [2.45, 2.75) is 12.5 Å². The van der Waals surface area contributed by atoms with E-state index in [0.717, 1.165) is 13.2 Å². The summed E-state index contributed by atoms with van der Waals surface area (Å²) in [5.74, 6) is -1.00. The number of nitrogens with two attached hydrogens (primary N) is 1. The molecule has 0 saturated carbocycles. The molecule has 0 aliphatic rings. The number of aliphatic carboxylic acids is 1. The Bertz CT molecular complexity index is 365. The number of halogens is 3. The SMILES string of the molecule is N[C@@H](Cc1nc(I)n(I)c1I)C(=O)O. The summed E-state index contributed by atoms with van der Waals surface area (Å²) in [6.45, 7) is 0. The van der Waals surface area contributed by atoms with E-state index in [4.69, 9.17) is 10.8 Å². The van der Waals surface area contributed by atoms with Gasteiger partial charge in [0, 0.05) is 29.0 Å². The number of aromatic nitrogens is 2. The van der Waals surface area contributed by atoms with Crippen molar-refractivity contribution in [3.8, 4) is 0 Å². The summed E-state index contributed by atoms with van der Waals surface area (Å²) in [6, 6.07) is -0.884. The van der Waals surface area contributed by atoms with Gasteiger partial charge in [-0.1, -0.05) is 0 Å². The summed E-state index contributed by atoms with van der Waals surface area (Å²) in [6.07, 6.45) is 0.264. The van der Waals surface area contributed by atoms with E-state index in [9.17, 15) is 4.79 Å². The summed E-state index contributed by atoms with van der Waals surface area (Å²) in [5, 5.41) is 8.64. The molecule has 0 spiro atoms. The lowest BCUT2D eigenvalue weighted by atomic mass is 10.2. The van der Waals surface area contributed by atoms with Crippen molar-refractivity contribution in [1.82, 2.24) is 7.76 Å². The van der Waals surface area contributed by atoms with Crippen LogP contribution in [-0.2, 0) is 11.2 Å². The standard InChI is InChI=1S/C6H6I3N3O2/c7-4-3(1-2(10)5(13)14)11-6(8)12(4)9/h2H,1,10H2,(H,13,14)/t2-/m0/s1. The number of carboxylic acids is 1. The van der Waals surface area contributed by atoms with Crippen LogP contribution < -0.4 is 5.73 Å². The molecule has 1 rings (SSSR count). The van der Waals surface area contributed by atoms with Crippen molar-refractivity contribution < 1.29 is 9.90 Å². The van der Waals surface area contributed by atoms with Crippen LogP contribution in [0.3, 0.4) is 0 Å². The Balaban J connectivity index is 2.87. The van der Waals surface area contributed by atoms with Crippen LogP contribution in [0.4, 0.5) is 0 Å². The van der Waals surface area contributed by atoms with E-state index in [0.29, 0.717) is 0 Å². The molecule has 3 N–H and O–H groups in total. The van der Waals surface area contributed by atoms with E-state index < -0.39 is 12.0 Å². The molecule has 0 aliphatic heterocycles. The normalized spacial score (nSPS) is 12.9. The van der Waals surface area contributed by atoms with Gasteiger partial charge in [-0.2, -0.15) is 0 Å². The Morgan fingerprint density at radius 3 is 2.57 bits per heavy atom. The van der Waals surface area contributed by atoms with Crippen molar-refractivity contribution in [2.75, 3.05) is 0 Å². The van der Waals surface area contributed by atoms with Gasteiger partial charge in [0.05, 0.1) is 28.6 Å². The third-order valence-corrected chi connectivity index (χ3v) is 6.14. The van der Waals surface area contributed by atoms with Crippen LogP contribution in [0.25, 0.3) is 0 Å². The van der Waals surface area contributed by atoms with Crippen molar-refractivity contribution >= 4 is 74.0 Å². The van der Waals surface area contributed by atoms with Crippen molar-refractivity contribution in [2.24, 2.45) is 5.73 Å². The summed E-state index contributed by atoms with van der Waals surface area (Å²) in [5.41, 5.74) is 6.16. The maximum absolute atomic E-state index is 10.5. The van der Waals surface area contributed by atoms with Gasteiger partial charge < -0.3 is 10.8 Å². The van der Waals surface area contributed by atoms with Crippen LogP contribution >= 0.6 is 68.0 Å². The second-order valence-corrected chi connectivity index (χ2v) is 5.50. The molecule has 0 fully saturated rings. The highest BCUT2D eigenvalue weighted by Gasteiger charge is 2.18. The Hall–Kier alpha value is 0.830. The Morgan fingerprint density at radius 2 is 2.21 bits per heavy atom. The van der Waals surface area contributed by atoms with Gasteiger partial charge in [-0.25, -0.2) is 4.98 Å². The summed E-state index contributed by atoms with van der Waals surface area (Å²) in [7, 11) is 0. The van der Waals surface area contributed by atoms with Gasteiger partial charge in [-0.15, -0.1) is 0 Å². The van der Waals surface area contributed by atoms with E-state index in [2.05, 4.69) is 73.0 Å². The molecule has 0 bridgehead atoms. The number of rotatable bonds is 3. The molecule has 0 unspecified atom stereocenters. The van der Waals surface area contributed by atoms with E-state index in [1.54, 1.807) is 0 Å². The number of carbonyl (C=O) groups is 1. The molecule has 0 saturated heterocycles. The summed E-state index contributed by atoms with van der Waals surface area (Å²) >= 11 is 6.31. The molecule has 14 heavy (non-hydrogen) atoms. The number of hydrogen-bond donors (Lipinski definition) is 2. The maximum Gasteiger partial charge on any atom is 0.320 e. The average Bonchev–Trinajstić information content (AvgIpc) is 2.33. The first-order valence-electron chi connectivity index (χ1n) is 3.50. The number of imidazole rings is 1. The number of nitrogens with zero attached hydrogens (tertiary/aromatic N) is 2. The smallest absolute Gasteiger partial charge is 0.320 e.